The fraction of sp³-hybridized carbons (Fsp3) is 0.462. The van der Waals surface area contributed by atoms with E-state index in [-0.39, 0.29) is 6.04 Å². The summed E-state index contributed by atoms with van der Waals surface area (Å²) in [5.74, 6) is 1.03. The smallest absolute Gasteiger partial charge is 0.133 e. The second-order valence-corrected chi connectivity index (χ2v) is 4.38. The number of hydrogen-bond donors (Lipinski definition) is 1. The Morgan fingerprint density at radius 3 is 3.00 bits per heavy atom. The van der Waals surface area contributed by atoms with Crippen molar-refractivity contribution in [2.45, 2.75) is 31.8 Å². The summed E-state index contributed by atoms with van der Waals surface area (Å²) in [7, 11) is 0. The first-order chi connectivity index (χ1) is 7.74. The van der Waals surface area contributed by atoms with Gasteiger partial charge in [-0.05, 0) is 25.8 Å². The molecule has 2 rings (SSSR count). The van der Waals surface area contributed by atoms with Crippen LogP contribution in [0.4, 0.5) is 5.82 Å². The van der Waals surface area contributed by atoms with Gasteiger partial charge >= 0.3 is 0 Å². The molecular weight excluding hydrogens is 198 g/mol. The van der Waals surface area contributed by atoms with E-state index in [0.717, 1.165) is 17.9 Å². The van der Waals surface area contributed by atoms with E-state index in [1.54, 1.807) is 0 Å². The second kappa shape index (κ2) is 4.66. The Hall–Kier alpha value is -1.35. The lowest BCUT2D eigenvalue weighted by Gasteiger charge is -2.25. The van der Waals surface area contributed by atoms with Crippen molar-refractivity contribution in [3.05, 3.63) is 36.5 Å². The number of rotatable bonds is 5. The monoisotopic (exact) mass is 217 g/mol. The van der Waals surface area contributed by atoms with E-state index in [4.69, 9.17) is 5.73 Å². The summed E-state index contributed by atoms with van der Waals surface area (Å²) in [6.45, 7) is 6.66. The molecule has 16 heavy (non-hydrogen) atoms. The molecule has 0 radical (unpaired) electrons. The van der Waals surface area contributed by atoms with Gasteiger partial charge in [-0.25, -0.2) is 4.98 Å². The van der Waals surface area contributed by atoms with E-state index in [0.29, 0.717) is 6.04 Å². The van der Waals surface area contributed by atoms with E-state index >= 15 is 0 Å². The van der Waals surface area contributed by atoms with Crippen molar-refractivity contribution in [1.29, 1.82) is 0 Å². The normalized spacial score (nSPS) is 16.9. The third-order valence-electron chi connectivity index (χ3n) is 2.89. The molecule has 3 heteroatoms. The van der Waals surface area contributed by atoms with Gasteiger partial charge in [0.1, 0.15) is 5.82 Å². The third kappa shape index (κ3) is 2.25. The quantitative estimate of drug-likeness (QED) is 0.769. The number of anilines is 1. The molecule has 1 atom stereocenters. The topological polar surface area (TPSA) is 42.2 Å². The molecule has 0 bridgehead atoms. The molecule has 1 aromatic heterocycles. The molecule has 86 valence electrons. The fourth-order valence-electron chi connectivity index (χ4n) is 1.94. The Morgan fingerprint density at radius 1 is 1.69 bits per heavy atom. The Morgan fingerprint density at radius 2 is 2.44 bits per heavy atom. The number of nitrogens with zero attached hydrogens (tertiary/aromatic N) is 2. The molecule has 0 aromatic carbocycles. The van der Waals surface area contributed by atoms with E-state index in [2.05, 4.69) is 22.5 Å². The van der Waals surface area contributed by atoms with Crippen LogP contribution in [0.5, 0.6) is 0 Å². The molecule has 1 aliphatic rings. The summed E-state index contributed by atoms with van der Waals surface area (Å²) in [6.07, 6.45) is 6.27. The van der Waals surface area contributed by atoms with Crippen LogP contribution in [0.2, 0.25) is 0 Å². The predicted octanol–water partition coefficient (Wildman–Crippen LogP) is 2.26. The Labute approximate surface area is 97.0 Å². The zero-order valence-electron chi connectivity index (χ0n) is 9.76. The highest BCUT2D eigenvalue weighted by Crippen LogP contribution is 2.33. The van der Waals surface area contributed by atoms with Gasteiger partial charge in [0.2, 0.25) is 0 Å². The van der Waals surface area contributed by atoms with Crippen LogP contribution in [-0.4, -0.2) is 17.6 Å². The van der Waals surface area contributed by atoms with Gasteiger partial charge in [-0.2, -0.15) is 0 Å². The van der Waals surface area contributed by atoms with Crippen LogP contribution in [0.1, 0.15) is 31.4 Å². The van der Waals surface area contributed by atoms with Gasteiger partial charge in [0.25, 0.3) is 0 Å². The van der Waals surface area contributed by atoms with Crippen molar-refractivity contribution in [2.75, 3.05) is 11.4 Å². The molecule has 0 saturated heterocycles. The summed E-state index contributed by atoms with van der Waals surface area (Å²) < 4.78 is 0. The summed E-state index contributed by atoms with van der Waals surface area (Å²) in [5, 5.41) is 0. The molecule has 0 aliphatic heterocycles. The first kappa shape index (κ1) is 11.1. The molecular formula is C13H19N3. The highest BCUT2D eigenvalue weighted by molar-refractivity contribution is 5.50. The molecule has 1 aliphatic carbocycles. The Balaban J connectivity index is 2.31. The van der Waals surface area contributed by atoms with Crippen LogP contribution in [0.25, 0.3) is 0 Å². The maximum absolute atomic E-state index is 5.98. The minimum atomic E-state index is 0.0229. The average molecular weight is 217 g/mol. The maximum atomic E-state index is 5.98. The zero-order chi connectivity index (χ0) is 11.5. The number of hydrogen-bond acceptors (Lipinski definition) is 3. The molecule has 1 heterocycles. The van der Waals surface area contributed by atoms with Crippen LogP contribution in [0, 0.1) is 0 Å². The van der Waals surface area contributed by atoms with Crippen molar-refractivity contribution in [2.24, 2.45) is 5.73 Å². The standard InChI is InChI=1S/C13H19N3/c1-3-9-16(11-6-7-11)13-12(10(2)14)5-4-8-15-13/h3-5,8,10-11H,1,6-7,9,14H2,2H3/t10-/m1/s1. The van der Waals surface area contributed by atoms with E-state index in [1.165, 1.54) is 12.8 Å². The largest absolute Gasteiger partial charge is 0.350 e. The van der Waals surface area contributed by atoms with Crippen LogP contribution >= 0.6 is 0 Å². The van der Waals surface area contributed by atoms with Gasteiger partial charge in [0.05, 0.1) is 0 Å². The Kier molecular flexibility index (Phi) is 3.25. The van der Waals surface area contributed by atoms with Crippen LogP contribution in [0.15, 0.2) is 31.0 Å². The van der Waals surface area contributed by atoms with E-state index in [9.17, 15) is 0 Å². The molecule has 0 spiro atoms. The predicted molar refractivity (Wildman–Crippen MR) is 67.4 cm³/mol. The summed E-state index contributed by atoms with van der Waals surface area (Å²) in [4.78, 5) is 6.79. The summed E-state index contributed by atoms with van der Waals surface area (Å²) >= 11 is 0. The second-order valence-electron chi connectivity index (χ2n) is 4.38. The lowest BCUT2D eigenvalue weighted by Crippen LogP contribution is -2.28. The number of aromatic nitrogens is 1. The fourth-order valence-corrected chi connectivity index (χ4v) is 1.94. The molecule has 0 amide bonds. The highest BCUT2D eigenvalue weighted by Gasteiger charge is 2.30. The van der Waals surface area contributed by atoms with Crippen molar-refractivity contribution < 1.29 is 0 Å². The summed E-state index contributed by atoms with van der Waals surface area (Å²) in [5.41, 5.74) is 7.10. The lowest BCUT2D eigenvalue weighted by molar-refractivity contribution is 0.773. The molecule has 0 unspecified atom stereocenters. The number of pyridine rings is 1. The van der Waals surface area contributed by atoms with Gasteiger partial charge in [0.15, 0.2) is 0 Å². The molecule has 1 saturated carbocycles. The molecule has 1 fully saturated rings. The Bertz CT molecular complexity index is 369. The van der Waals surface area contributed by atoms with Crippen molar-refractivity contribution in [3.63, 3.8) is 0 Å². The van der Waals surface area contributed by atoms with Crippen molar-refractivity contribution >= 4 is 5.82 Å². The van der Waals surface area contributed by atoms with E-state index in [1.807, 2.05) is 25.3 Å². The van der Waals surface area contributed by atoms with Gasteiger partial charge < -0.3 is 10.6 Å². The van der Waals surface area contributed by atoms with Crippen LogP contribution in [0.3, 0.4) is 0 Å². The SMILES string of the molecule is C=CCN(c1ncccc1[C@@H](C)N)C1CC1. The minimum absolute atomic E-state index is 0.0229. The van der Waals surface area contributed by atoms with Crippen LogP contribution in [-0.2, 0) is 0 Å². The third-order valence-corrected chi connectivity index (χ3v) is 2.89. The highest BCUT2D eigenvalue weighted by atomic mass is 15.2. The van der Waals surface area contributed by atoms with Gasteiger partial charge in [-0.1, -0.05) is 12.1 Å². The van der Waals surface area contributed by atoms with E-state index < -0.39 is 0 Å². The van der Waals surface area contributed by atoms with Gasteiger partial charge in [-0.3, -0.25) is 0 Å². The average Bonchev–Trinajstić information content (AvgIpc) is 3.10. The first-order valence-electron chi connectivity index (χ1n) is 5.82. The zero-order valence-corrected chi connectivity index (χ0v) is 9.76. The van der Waals surface area contributed by atoms with Crippen molar-refractivity contribution in [1.82, 2.24) is 4.98 Å². The van der Waals surface area contributed by atoms with Crippen LogP contribution < -0.4 is 10.6 Å². The molecule has 1 aromatic rings. The molecule has 3 nitrogen and oxygen atoms in total. The maximum Gasteiger partial charge on any atom is 0.133 e. The lowest BCUT2D eigenvalue weighted by atomic mass is 10.1. The van der Waals surface area contributed by atoms with Crippen molar-refractivity contribution in [3.8, 4) is 0 Å². The van der Waals surface area contributed by atoms with Gasteiger partial charge in [0, 0.05) is 30.4 Å². The minimum Gasteiger partial charge on any atom is -0.350 e. The first-order valence-corrected chi connectivity index (χ1v) is 5.82. The summed E-state index contributed by atoms with van der Waals surface area (Å²) in [6, 6.07) is 4.66. The molecule has 2 N–H and O–H groups in total. The number of nitrogens with two attached hydrogens (primary N) is 1. The van der Waals surface area contributed by atoms with Gasteiger partial charge in [-0.15, -0.1) is 6.58 Å².